The maximum Gasteiger partial charge on any atom is 0.254 e. The summed E-state index contributed by atoms with van der Waals surface area (Å²) in [5.74, 6) is 7.94. The molecule has 1 saturated carbocycles. The second-order valence-electron chi connectivity index (χ2n) is 11.4. The third kappa shape index (κ3) is 4.15. The third-order valence-corrected chi connectivity index (χ3v) is 8.40. The van der Waals surface area contributed by atoms with Crippen LogP contribution in [0.4, 0.5) is 0 Å². The van der Waals surface area contributed by atoms with Crippen molar-refractivity contribution in [2.75, 3.05) is 13.1 Å². The van der Waals surface area contributed by atoms with Crippen LogP contribution in [0.3, 0.4) is 0 Å². The highest BCUT2D eigenvalue weighted by Gasteiger charge is 2.66. The Labute approximate surface area is 218 Å². The number of carbonyl (C=O) groups excluding carboxylic acids is 1. The quantitative estimate of drug-likeness (QED) is 0.572. The molecular weight excluding hydrogens is 470 g/mol. The predicted molar refractivity (Wildman–Crippen MR) is 141 cm³/mol. The molecule has 0 atom stereocenters. The number of ether oxygens (including phenoxy) is 1. The van der Waals surface area contributed by atoms with E-state index in [1.807, 2.05) is 17.0 Å². The fraction of sp³-hybridized carbons (Fsp3) is 0.467. The molecule has 6 heteroatoms. The fourth-order valence-electron chi connectivity index (χ4n) is 6.79. The average molecular weight is 502 g/mol. The van der Waals surface area contributed by atoms with Crippen LogP contribution in [-0.2, 0) is 6.54 Å². The average Bonchev–Trinajstić information content (AvgIpc) is 3.16. The van der Waals surface area contributed by atoms with E-state index in [0.29, 0.717) is 28.8 Å². The second kappa shape index (κ2) is 9.15. The van der Waals surface area contributed by atoms with E-state index in [9.17, 15) is 4.79 Å². The van der Waals surface area contributed by atoms with Gasteiger partial charge in [0.05, 0.1) is 10.6 Å². The number of nitrogens with one attached hydrogen (secondary N) is 1. The molecule has 186 valence electrons. The zero-order valence-electron chi connectivity index (χ0n) is 21.3. The van der Waals surface area contributed by atoms with E-state index in [1.54, 1.807) is 18.2 Å². The summed E-state index contributed by atoms with van der Waals surface area (Å²) in [6.07, 6.45) is 2.06. The Hall–Kier alpha value is -2.99. The summed E-state index contributed by atoms with van der Waals surface area (Å²) in [6, 6.07) is 13.3. The van der Waals surface area contributed by atoms with Crippen LogP contribution in [0.1, 0.15) is 67.6 Å². The number of amides is 1. The molecule has 36 heavy (non-hydrogen) atoms. The largest absolute Gasteiger partial charge is 0.489 e. The highest BCUT2D eigenvalue weighted by molar-refractivity contribution is 6.31. The molecule has 1 saturated heterocycles. The smallest absolute Gasteiger partial charge is 0.254 e. The predicted octanol–water partition coefficient (Wildman–Crippen LogP) is 5.40. The van der Waals surface area contributed by atoms with Crippen LogP contribution in [0.5, 0.6) is 5.75 Å². The van der Waals surface area contributed by atoms with Gasteiger partial charge in [-0.05, 0) is 61.8 Å². The molecule has 0 radical (unpaired) electrons. The first-order valence-corrected chi connectivity index (χ1v) is 13.0. The molecule has 0 bridgehead atoms. The molecule has 0 spiro atoms. The van der Waals surface area contributed by atoms with Crippen LogP contribution in [0.2, 0.25) is 5.02 Å². The van der Waals surface area contributed by atoms with E-state index in [0.717, 1.165) is 42.6 Å². The zero-order valence-corrected chi connectivity index (χ0v) is 22.1. The van der Waals surface area contributed by atoms with E-state index < -0.39 is 0 Å². The molecule has 3 aliphatic rings. The number of nitriles is 1. The van der Waals surface area contributed by atoms with Gasteiger partial charge in [0, 0.05) is 46.5 Å². The lowest BCUT2D eigenvalue weighted by molar-refractivity contribution is -0.199. The van der Waals surface area contributed by atoms with E-state index in [-0.39, 0.29) is 28.9 Å². The Kier molecular flexibility index (Phi) is 6.27. The number of benzene rings is 2. The summed E-state index contributed by atoms with van der Waals surface area (Å²) >= 11 is 6.23. The molecule has 5 nitrogen and oxygen atoms in total. The topological polar surface area (TPSA) is 65.4 Å². The Morgan fingerprint density at radius 1 is 1.08 bits per heavy atom. The Morgan fingerprint density at radius 3 is 2.47 bits per heavy atom. The lowest BCUT2D eigenvalue weighted by Crippen LogP contribution is -2.74. The van der Waals surface area contributed by atoms with Gasteiger partial charge in [0.25, 0.3) is 5.91 Å². The van der Waals surface area contributed by atoms with Crippen molar-refractivity contribution in [3.8, 4) is 23.7 Å². The van der Waals surface area contributed by atoms with Gasteiger partial charge in [0.15, 0.2) is 0 Å². The van der Waals surface area contributed by atoms with Crippen LogP contribution in [0, 0.1) is 39.9 Å². The molecule has 2 aromatic rings. The monoisotopic (exact) mass is 501 g/mol. The maximum atomic E-state index is 13.5. The SMILES string of the molecule is CC1(C)[C@H](Oc2ccc(C#N)c(Cl)c2)C(C)(C)[C@H]1N1Cc2cc(C#CC3CCNCC3)ccc2C1=O. The van der Waals surface area contributed by atoms with Crippen molar-refractivity contribution in [3.63, 3.8) is 0 Å². The first-order valence-electron chi connectivity index (χ1n) is 12.7. The van der Waals surface area contributed by atoms with Crippen molar-refractivity contribution in [2.45, 2.75) is 59.2 Å². The van der Waals surface area contributed by atoms with Crippen molar-refractivity contribution >= 4 is 17.5 Å². The standard InChI is InChI=1S/C30H32ClN3O2/c1-29(2)27(30(3,4)28(29)36-23-9-8-21(17-32)25(31)16-23)34-18-22-15-20(7-10-24(22)26(34)35)6-5-19-11-13-33-14-12-19/h7-10,15-16,19,27-28,33H,11-14,18H2,1-4H3/t27-,28-. The molecule has 0 unspecified atom stereocenters. The lowest BCUT2D eigenvalue weighted by Gasteiger charge is -2.65. The molecule has 2 fully saturated rings. The number of halogens is 1. The summed E-state index contributed by atoms with van der Waals surface area (Å²) in [5, 5.41) is 12.9. The van der Waals surface area contributed by atoms with Gasteiger partial charge in [0.2, 0.25) is 0 Å². The first kappa shape index (κ1) is 24.7. The normalized spacial score (nSPS) is 24.2. The van der Waals surface area contributed by atoms with Gasteiger partial charge in [-0.1, -0.05) is 51.1 Å². The van der Waals surface area contributed by atoms with Gasteiger partial charge in [-0.25, -0.2) is 0 Å². The lowest BCUT2D eigenvalue weighted by atomic mass is 9.49. The van der Waals surface area contributed by atoms with E-state index in [1.165, 1.54) is 0 Å². The zero-order chi connectivity index (χ0) is 25.7. The van der Waals surface area contributed by atoms with E-state index in [2.05, 4.69) is 57.0 Å². The molecule has 2 heterocycles. The van der Waals surface area contributed by atoms with E-state index >= 15 is 0 Å². The number of hydrogen-bond acceptors (Lipinski definition) is 4. The molecular formula is C30H32ClN3O2. The van der Waals surface area contributed by atoms with Crippen molar-refractivity contribution < 1.29 is 9.53 Å². The van der Waals surface area contributed by atoms with Crippen LogP contribution in [-0.4, -0.2) is 36.0 Å². The summed E-state index contributed by atoms with van der Waals surface area (Å²) in [7, 11) is 0. The van der Waals surface area contributed by atoms with Gasteiger partial charge < -0.3 is 15.0 Å². The number of rotatable bonds is 3. The number of nitrogens with zero attached hydrogens (tertiary/aromatic N) is 2. The molecule has 0 aromatic heterocycles. The molecule has 1 aliphatic carbocycles. The van der Waals surface area contributed by atoms with E-state index in [4.69, 9.17) is 21.6 Å². The highest BCUT2D eigenvalue weighted by Crippen LogP contribution is 2.59. The van der Waals surface area contributed by atoms with Crippen LogP contribution in [0.15, 0.2) is 36.4 Å². The summed E-state index contributed by atoms with van der Waals surface area (Å²) in [4.78, 5) is 15.5. The fourth-order valence-corrected chi connectivity index (χ4v) is 7.01. The second-order valence-corrected chi connectivity index (χ2v) is 11.8. The molecule has 2 aliphatic heterocycles. The molecule has 2 aromatic carbocycles. The summed E-state index contributed by atoms with van der Waals surface area (Å²) in [5.41, 5.74) is 2.67. The van der Waals surface area contributed by atoms with Gasteiger partial charge in [-0.2, -0.15) is 5.26 Å². The van der Waals surface area contributed by atoms with Gasteiger partial charge >= 0.3 is 0 Å². The molecule has 5 rings (SSSR count). The number of piperidine rings is 1. The number of hydrogen-bond donors (Lipinski definition) is 1. The van der Waals surface area contributed by atoms with Gasteiger partial charge in [-0.15, -0.1) is 0 Å². The molecule has 1 N–H and O–H groups in total. The molecule has 1 amide bonds. The maximum absolute atomic E-state index is 13.5. The number of carbonyl (C=O) groups is 1. The van der Waals surface area contributed by atoms with Crippen LogP contribution < -0.4 is 10.1 Å². The minimum atomic E-state index is -0.279. The Bertz CT molecular complexity index is 1290. The van der Waals surface area contributed by atoms with Crippen molar-refractivity contribution in [3.05, 3.63) is 63.7 Å². The van der Waals surface area contributed by atoms with Crippen molar-refractivity contribution in [1.29, 1.82) is 5.26 Å². The van der Waals surface area contributed by atoms with Crippen LogP contribution in [0.25, 0.3) is 0 Å². The number of fused-ring (bicyclic) bond motifs is 1. The van der Waals surface area contributed by atoms with Gasteiger partial charge in [-0.3, -0.25) is 4.79 Å². The minimum Gasteiger partial charge on any atom is -0.489 e. The third-order valence-electron chi connectivity index (χ3n) is 8.08. The Balaban J connectivity index is 1.34. The minimum absolute atomic E-state index is 0.00743. The first-order chi connectivity index (χ1) is 17.1. The summed E-state index contributed by atoms with van der Waals surface area (Å²) in [6.45, 7) is 11.3. The highest BCUT2D eigenvalue weighted by atomic mass is 35.5. The van der Waals surface area contributed by atoms with Crippen LogP contribution >= 0.6 is 11.6 Å². The summed E-state index contributed by atoms with van der Waals surface area (Å²) < 4.78 is 6.42. The van der Waals surface area contributed by atoms with Crippen molar-refractivity contribution in [2.24, 2.45) is 16.7 Å². The Morgan fingerprint density at radius 2 is 1.81 bits per heavy atom. The van der Waals surface area contributed by atoms with Gasteiger partial charge in [0.1, 0.15) is 17.9 Å². The van der Waals surface area contributed by atoms with Crippen molar-refractivity contribution in [1.82, 2.24) is 10.2 Å².